The van der Waals surface area contributed by atoms with Crippen LogP contribution in [0, 0.1) is 0 Å². The van der Waals surface area contributed by atoms with Crippen molar-refractivity contribution in [2.45, 2.75) is 25.3 Å². The number of carbonyl (C=O) groups is 1. The van der Waals surface area contributed by atoms with Crippen LogP contribution in [0.5, 0.6) is 5.75 Å². The van der Waals surface area contributed by atoms with E-state index in [1.165, 1.54) is 0 Å². The van der Waals surface area contributed by atoms with Gasteiger partial charge in [-0.2, -0.15) is 0 Å². The normalized spacial score (nSPS) is 19.3. The molecular weight excluding hydrogens is 240 g/mol. The fourth-order valence-electron chi connectivity index (χ4n) is 2.47. The maximum Gasteiger partial charge on any atom is 0.227 e. The first-order valence-corrected chi connectivity index (χ1v) is 6.81. The first-order valence-electron chi connectivity index (χ1n) is 6.81. The van der Waals surface area contributed by atoms with E-state index in [1.54, 1.807) is 7.11 Å². The Balaban J connectivity index is 1.92. The van der Waals surface area contributed by atoms with E-state index in [-0.39, 0.29) is 5.91 Å². The van der Waals surface area contributed by atoms with Crippen molar-refractivity contribution in [3.8, 4) is 5.75 Å². The monoisotopic (exact) mass is 262 g/mol. The van der Waals surface area contributed by atoms with Gasteiger partial charge in [-0.1, -0.05) is 12.1 Å². The first kappa shape index (κ1) is 13.9. The third-order valence-corrected chi connectivity index (χ3v) is 3.70. The molecule has 1 saturated heterocycles. The van der Waals surface area contributed by atoms with Crippen LogP contribution in [0.25, 0.3) is 0 Å². The van der Waals surface area contributed by atoms with Crippen LogP contribution in [0.15, 0.2) is 24.3 Å². The maximum absolute atomic E-state index is 12.3. The fourth-order valence-corrected chi connectivity index (χ4v) is 2.47. The van der Waals surface area contributed by atoms with Gasteiger partial charge in [-0.3, -0.25) is 4.79 Å². The zero-order valence-corrected chi connectivity index (χ0v) is 11.7. The highest BCUT2D eigenvalue weighted by Crippen LogP contribution is 2.14. The Bertz CT molecular complexity index is 417. The summed E-state index contributed by atoms with van der Waals surface area (Å²) >= 11 is 0. The van der Waals surface area contributed by atoms with Crippen molar-refractivity contribution < 1.29 is 9.53 Å². The highest BCUT2D eigenvalue weighted by atomic mass is 16.5. The summed E-state index contributed by atoms with van der Waals surface area (Å²) < 4.78 is 5.12. The summed E-state index contributed by atoms with van der Waals surface area (Å²) in [6.07, 6.45) is 2.71. The molecule has 1 aromatic carbocycles. The predicted octanol–water partition coefficient (Wildman–Crippen LogP) is 1.45. The molecule has 0 saturated carbocycles. The summed E-state index contributed by atoms with van der Waals surface area (Å²) in [6.45, 7) is 1.71. The van der Waals surface area contributed by atoms with Gasteiger partial charge in [0, 0.05) is 19.1 Å². The lowest BCUT2D eigenvalue weighted by Crippen LogP contribution is -2.47. The number of likely N-dealkylation sites (N-methyl/N-ethyl adjacent to an activating group) is 1. The molecule has 104 valence electrons. The number of rotatable bonds is 4. The lowest BCUT2D eigenvalue weighted by atomic mass is 10.0. The molecule has 0 radical (unpaired) electrons. The Morgan fingerprint density at radius 1 is 1.42 bits per heavy atom. The van der Waals surface area contributed by atoms with E-state index >= 15 is 0 Å². The summed E-state index contributed by atoms with van der Waals surface area (Å²) in [6, 6.07) is 8.14. The van der Waals surface area contributed by atoms with Gasteiger partial charge in [0.15, 0.2) is 0 Å². The molecule has 2 rings (SSSR count). The topological polar surface area (TPSA) is 41.6 Å². The molecule has 1 N–H and O–H groups in total. The van der Waals surface area contributed by atoms with Crippen molar-refractivity contribution in [1.29, 1.82) is 0 Å². The SMILES string of the molecule is CNC1CCCN(C(=O)Cc2ccc(OC)cc2)C1. The fraction of sp³-hybridized carbons (Fsp3) is 0.533. The van der Waals surface area contributed by atoms with E-state index in [4.69, 9.17) is 4.74 Å². The summed E-state index contributed by atoms with van der Waals surface area (Å²) in [5.74, 6) is 1.04. The number of hydrogen-bond acceptors (Lipinski definition) is 3. The number of carbonyl (C=O) groups excluding carboxylic acids is 1. The molecule has 1 amide bonds. The van der Waals surface area contributed by atoms with Crippen molar-refractivity contribution in [3.63, 3.8) is 0 Å². The number of benzene rings is 1. The second-order valence-corrected chi connectivity index (χ2v) is 4.99. The molecule has 4 heteroatoms. The molecule has 1 fully saturated rings. The van der Waals surface area contributed by atoms with Crippen molar-refractivity contribution in [2.75, 3.05) is 27.2 Å². The molecule has 0 aliphatic carbocycles. The number of nitrogens with one attached hydrogen (secondary N) is 1. The summed E-state index contributed by atoms with van der Waals surface area (Å²) in [4.78, 5) is 14.2. The van der Waals surface area contributed by atoms with Gasteiger partial charge in [0.1, 0.15) is 5.75 Å². The number of likely N-dealkylation sites (tertiary alicyclic amines) is 1. The molecule has 0 bridgehead atoms. The standard InChI is InChI=1S/C15H22N2O2/c1-16-13-4-3-9-17(11-13)15(18)10-12-5-7-14(19-2)8-6-12/h5-8,13,16H,3-4,9-11H2,1-2H3. The quantitative estimate of drug-likeness (QED) is 0.893. The lowest BCUT2D eigenvalue weighted by molar-refractivity contribution is -0.131. The summed E-state index contributed by atoms with van der Waals surface area (Å²) in [5, 5.41) is 3.26. The molecule has 0 spiro atoms. The number of ether oxygens (including phenoxy) is 1. The molecule has 1 unspecified atom stereocenters. The molecule has 1 heterocycles. The van der Waals surface area contributed by atoms with Crippen LogP contribution in [0.3, 0.4) is 0 Å². The second-order valence-electron chi connectivity index (χ2n) is 4.99. The van der Waals surface area contributed by atoms with Crippen molar-refractivity contribution in [2.24, 2.45) is 0 Å². The van der Waals surface area contributed by atoms with Crippen LogP contribution in [0.2, 0.25) is 0 Å². The van der Waals surface area contributed by atoms with Gasteiger partial charge in [-0.15, -0.1) is 0 Å². The van der Waals surface area contributed by atoms with Gasteiger partial charge in [0.2, 0.25) is 5.91 Å². The van der Waals surface area contributed by atoms with Gasteiger partial charge in [-0.05, 0) is 37.6 Å². The second kappa shape index (κ2) is 6.57. The minimum Gasteiger partial charge on any atom is -0.497 e. The van der Waals surface area contributed by atoms with Crippen molar-refractivity contribution in [3.05, 3.63) is 29.8 Å². The van der Waals surface area contributed by atoms with E-state index in [0.717, 1.165) is 37.2 Å². The first-order chi connectivity index (χ1) is 9.22. The third kappa shape index (κ3) is 3.70. The predicted molar refractivity (Wildman–Crippen MR) is 75.4 cm³/mol. The number of nitrogens with zero attached hydrogens (tertiary/aromatic N) is 1. The van der Waals surface area contributed by atoms with Gasteiger partial charge in [-0.25, -0.2) is 0 Å². The van der Waals surface area contributed by atoms with E-state index in [0.29, 0.717) is 12.5 Å². The number of methoxy groups -OCH3 is 1. The van der Waals surface area contributed by atoms with Gasteiger partial charge < -0.3 is 15.0 Å². The molecule has 1 atom stereocenters. The maximum atomic E-state index is 12.3. The van der Waals surface area contributed by atoms with Crippen LogP contribution in [-0.2, 0) is 11.2 Å². The zero-order valence-electron chi connectivity index (χ0n) is 11.7. The highest BCUT2D eigenvalue weighted by molar-refractivity contribution is 5.79. The van der Waals surface area contributed by atoms with E-state index < -0.39 is 0 Å². The Hall–Kier alpha value is -1.55. The van der Waals surface area contributed by atoms with Gasteiger partial charge in [0.25, 0.3) is 0 Å². The average Bonchev–Trinajstić information content (AvgIpc) is 2.48. The van der Waals surface area contributed by atoms with Crippen LogP contribution in [0.4, 0.5) is 0 Å². The van der Waals surface area contributed by atoms with E-state index in [1.807, 2.05) is 36.2 Å². The van der Waals surface area contributed by atoms with E-state index in [9.17, 15) is 4.79 Å². The lowest BCUT2D eigenvalue weighted by Gasteiger charge is -2.32. The number of hydrogen-bond donors (Lipinski definition) is 1. The van der Waals surface area contributed by atoms with Crippen LogP contribution in [-0.4, -0.2) is 44.1 Å². The highest BCUT2D eigenvalue weighted by Gasteiger charge is 2.22. The molecular formula is C15H22N2O2. The van der Waals surface area contributed by atoms with Crippen molar-refractivity contribution >= 4 is 5.91 Å². The number of piperidine rings is 1. The molecule has 1 aromatic rings. The molecule has 19 heavy (non-hydrogen) atoms. The molecule has 4 nitrogen and oxygen atoms in total. The Labute approximate surface area is 114 Å². The minimum atomic E-state index is 0.213. The molecule has 1 aliphatic heterocycles. The molecule has 0 aromatic heterocycles. The Kier molecular flexibility index (Phi) is 4.80. The van der Waals surface area contributed by atoms with Gasteiger partial charge in [0.05, 0.1) is 13.5 Å². The largest absolute Gasteiger partial charge is 0.497 e. The number of amides is 1. The molecule has 1 aliphatic rings. The zero-order chi connectivity index (χ0) is 13.7. The average molecular weight is 262 g/mol. The van der Waals surface area contributed by atoms with Crippen LogP contribution < -0.4 is 10.1 Å². The van der Waals surface area contributed by atoms with E-state index in [2.05, 4.69) is 5.32 Å². The Morgan fingerprint density at radius 3 is 2.79 bits per heavy atom. The van der Waals surface area contributed by atoms with Crippen LogP contribution in [0.1, 0.15) is 18.4 Å². The minimum absolute atomic E-state index is 0.213. The Morgan fingerprint density at radius 2 is 2.16 bits per heavy atom. The van der Waals surface area contributed by atoms with Crippen molar-refractivity contribution in [1.82, 2.24) is 10.2 Å². The van der Waals surface area contributed by atoms with Crippen LogP contribution >= 0.6 is 0 Å². The summed E-state index contributed by atoms with van der Waals surface area (Å²) in [7, 11) is 3.61. The third-order valence-electron chi connectivity index (χ3n) is 3.70. The smallest absolute Gasteiger partial charge is 0.227 e. The van der Waals surface area contributed by atoms with Gasteiger partial charge >= 0.3 is 0 Å². The summed E-state index contributed by atoms with van der Waals surface area (Å²) in [5.41, 5.74) is 1.04.